The number of ether oxygens (including phenoxy) is 1. The summed E-state index contributed by atoms with van der Waals surface area (Å²) in [6.07, 6.45) is 3.28. The first kappa shape index (κ1) is 18.7. The smallest absolute Gasteiger partial charge is 0.328 e. The number of esters is 1. The van der Waals surface area contributed by atoms with Gasteiger partial charge in [0, 0.05) is 22.7 Å². The van der Waals surface area contributed by atoms with E-state index in [1.165, 1.54) is 14.0 Å². The van der Waals surface area contributed by atoms with Crippen LogP contribution in [0.5, 0.6) is 0 Å². The molecule has 0 aliphatic carbocycles. The van der Waals surface area contributed by atoms with Crippen molar-refractivity contribution in [2.75, 3.05) is 7.11 Å². The molecule has 2 heterocycles. The van der Waals surface area contributed by atoms with Gasteiger partial charge in [-0.05, 0) is 30.8 Å². The number of nitrogens with zero attached hydrogens (tertiary/aromatic N) is 2. The average Bonchev–Trinajstić information content (AvgIpc) is 3.11. The largest absolute Gasteiger partial charge is 0.467 e. The second-order valence-corrected chi connectivity index (χ2v) is 6.94. The third kappa shape index (κ3) is 3.45. The van der Waals surface area contributed by atoms with Crippen LogP contribution >= 0.6 is 11.8 Å². The predicted molar refractivity (Wildman–Crippen MR) is 100 cm³/mol. The number of aromatic nitrogens is 1. The van der Waals surface area contributed by atoms with Crippen LogP contribution in [0.1, 0.15) is 12.5 Å². The highest BCUT2D eigenvalue weighted by atomic mass is 32.2. The maximum Gasteiger partial charge on any atom is 0.328 e. The van der Waals surface area contributed by atoms with Gasteiger partial charge in [-0.25, -0.2) is 4.79 Å². The SMILES string of the molecule is COC(=O)[C@H](C)N1C(=O)S/C(=C/c2cn(CC(N)=O)c3ccccc23)C1=O. The molecule has 27 heavy (non-hydrogen) atoms. The molecule has 9 heteroatoms. The fourth-order valence-electron chi connectivity index (χ4n) is 2.92. The van der Waals surface area contributed by atoms with E-state index in [4.69, 9.17) is 5.73 Å². The van der Waals surface area contributed by atoms with Crippen molar-refractivity contribution in [1.82, 2.24) is 9.47 Å². The van der Waals surface area contributed by atoms with Gasteiger partial charge in [0.1, 0.15) is 12.6 Å². The number of hydrogen-bond acceptors (Lipinski definition) is 6. The zero-order valence-corrected chi connectivity index (χ0v) is 15.5. The topological polar surface area (TPSA) is 112 Å². The maximum absolute atomic E-state index is 12.6. The molecular weight excluding hydrogens is 370 g/mol. The predicted octanol–water partition coefficient (Wildman–Crippen LogP) is 1.72. The van der Waals surface area contributed by atoms with Gasteiger partial charge in [0.25, 0.3) is 11.1 Å². The number of imide groups is 1. The molecule has 2 aromatic rings. The molecule has 1 fully saturated rings. The van der Waals surface area contributed by atoms with Crippen LogP contribution in [-0.2, 0) is 25.7 Å². The molecule has 0 saturated carbocycles. The quantitative estimate of drug-likeness (QED) is 0.618. The van der Waals surface area contributed by atoms with Crippen molar-refractivity contribution in [3.8, 4) is 0 Å². The minimum atomic E-state index is -1.01. The number of fused-ring (bicyclic) bond motifs is 1. The van der Waals surface area contributed by atoms with E-state index in [9.17, 15) is 19.2 Å². The van der Waals surface area contributed by atoms with Crippen molar-refractivity contribution in [2.45, 2.75) is 19.5 Å². The van der Waals surface area contributed by atoms with E-state index in [0.717, 1.165) is 27.6 Å². The van der Waals surface area contributed by atoms with E-state index in [1.807, 2.05) is 24.3 Å². The van der Waals surface area contributed by atoms with Crippen molar-refractivity contribution in [1.29, 1.82) is 0 Å². The van der Waals surface area contributed by atoms with Crippen molar-refractivity contribution < 1.29 is 23.9 Å². The van der Waals surface area contributed by atoms with Gasteiger partial charge in [-0.2, -0.15) is 0 Å². The van der Waals surface area contributed by atoms with Crippen LogP contribution in [0.4, 0.5) is 4.79 Å². The van der Waals surface area contributed by atoms with Gasteiger partial charge in [0.15, 0.2) is 0 Å². The highest BCUT2D eigenvalue weighted by molar-refractivity contribution is 8.18. The molecule has 1 aromatic heterocycles. The van der Waals surface area contributed by atoms with Crippen LogP contribution in [0, 0.1) is 0 Å². The second-order valence-electron chi connectivity index (χ2n) is 5.95. The lowest BCUT2D eigenvalue weighted by Gasteiger charge is -2.18. The Kier molecular flexibility index (Phi) is 5.04. The highest BCUT2D eigenvalue weighted by Crippen LogP contribution is 2.35. The monoisotopic (exact) mass is 387 g/mol. The van der Waals surface area contributed by atoms with Crippen LogP contribution in [-0.4, -0.2) is 45.6 Å². The number of nitrogens with two attached hydrogens (primary N) is 1. The fourth-order valence-corrected chi connectivity index (χ4v) is 3.82. The third-order valence-corrected chi connectivity index (χ3v) is 5.07. The zero-order chi connectivity index (χ0) is 19.7. The molecule has 1 saturated heterocycles. The number of primary amides is 1. The Morgan fingerprint density at radius 3 is 2.67 bits per heavy atom. The van der Waals surface area contributed by atoms with E-state index >= 15 is 0 Å². The van der Waals surface area contributed by atoms with E-state index in [0.29, 0.717) is 5.56 Å². The summed E-state index contributed by atoms with van der Waals surface area (Å²) in [6.45, 7) is 1.43. The average molecular weight is 387 g/mol. The summed E-state index contributed by atoms with van der Waals surface area (Å²) in [5.41, 5.74) is 6.74. The molecule has 140 valence electrons. The van der Waals surface area contributed by atoms with E-state index < -0.39 is 29.1 Å². The minimum absolute atomic E-state index is 0.00476. The maximum atomic E-state index is 12.6. The summed E-state index contributed by atoms with van der Waals surface area (Å²) in [5.74, 6) is -1.72. The highest BCUT2D eigenvalue weighted by Gasteiger charge is 2.41. The normalized spacial score (nSPS) is 17.0. The summed E-state index contributed by atoms with van der Waals surface area (Å²) < 4.78 is 6.30. The minimum Gasteiger partial charge on any atom is -0.467 e. The van der Waals surface area contributed by atoms with Gasteiger partial charge in [-0.3, -0.25) is 19.3 Å². The van der Waals surface area contributed by atoms with Crippen LogP contribution in [0.15, 0.2) is 35.4 Å². The molecule has 8 nitrogen and oxygen atoms in total. The first-order valence-corrected chi connectivity index (χ1v) is 8.86. The Labute approximate surface area is 158 Å². The van der Waals surface area contributed by atoms with Gasteiger partial charge in [0.05, 0.1) is 12.0 Å². The summed E-state index contributed by atoms with van der Waals surface area (Å²) in [7, 11) is 1.20. The van der Waals surface area contributed by atoms with Gasteiger partial charge < -0.3 is 15.0 Å². The van der Waals surface area contributed by atoms with E-state index in [-0.39, 0.29) is 11.4 Å². The van der Waals surface area contributed by atoms with Crippen LogP contribution in [0.25, 0.3) is 17.0 Å². The molecule has 3 amide bonds. The van der Waals surface area contributed by atoms with Gasteiger partial charge >= 0.3 is 5.97 Å². The molecule has 0 bridgehead atoms. The summed E-state index contributed by atoms with van der Waals surface area (Å²) in [5, 5.41) is 0.275. The zero-order valence-electron chi connectivity index (χ0n) is 14.7. The molecule has 1 aliphatic rings. The first-order valence-electron chi connectivity index (χ1n) is 8.04. The molecular formula is C18H17N3O5S. The summed E-state index contributed by atoms with van der Waals surface area (Å²) in [4.78, 5) is 48.9. The Morgan fingerprint density at radius 2 is 2.00 bits per heavy atom. The number of carbonyl (C=O) groups is 4. The summed E-state index contributed by atoms with van der Waals surface area (Å²) in [6, 6.07) is 6.33. The number of hydrogen-bond donors (Lipinski definition) is 1. The lowest BCUT2D eigenvalue weighted by molar-refractivity contribution is -0.148. The van der Waals surface area contributed by atoms with Crippen LogP contribution < -0.4 is 5.73 Å². The fraction of sp³-hybridized carbons (Fsp3) is 0.222. The Morgan fingerprint density at radius 1 is 1.30 bits per heavy atom. The van der Waals surface area contributed by atoms with Gasteiger partial charge in [-0.1, -0.05) is 18.2 Å². The number of carbonyl (C=O) groups excluding carboxylic acids is 4. The first-order chi connectivity index (χ1) is 12.8. The second kappa shape index (κ2) is 7.28. The van der Waals surface area contributed by atoms with E-state index in [2.05, 4.69) is 4.74 Å². The number of thioether (sulfide) groups is 1. The number of amides is 3. The van der Waals surface area contributed by atoms with Gasteiger partial charge in [0.2, 0.25) is 5.91 Å². The molecule has 1 atom stereocenters. The lowest BCUT2D eigenvalue weighted by Crippen LogP contribution is -2.42. The van der Waals surface area contributed by atoms with Crippen LogP contribution in [0.3, 0.4) is 0 Å². The molecule has 1 aliphatic heterocycles. The molecule has 0 spiro atoms. The molecule has 0 unspecified atom stereocenters. The summed E-state index contributed by atoms with van der Waals surface area (Å²) >= 11 is 0.754. The Hall–Kier alpha value is -3.07. The van der Waals surface area contributed by atoms with Gasteiger partial charge in [-0.15, -0.1) is 0 Å². The van der Waals surface area contributed by atoms with Crippen molar-refractivity contribution in [3.05, 3.63) is 40.9 Å². The lowest BCUT2D eigenvalue weighted by atomic mass is 10.1. The molecule has 3 rings (SSSR count). The molecule has 1 aromatic carbocycles. The Bertz CT molecular complexity index is 994. The van der Waals surface area contributed by atoms with E-state index in [1.54, 1.807) is 16.8 Å². The van der Waals surface area contributed by atoms with Crippen molar-refractivity contribution in [3.63, 3.8) is 0 Å². The number of methoxy groups -OCH3 is 1. The van der Waals surface area contributed by atoms with Crippen LogP contribution in [0.2, 0.25) is 0 Å². The molecule has 2 N–H and O–H groups in total. The molecule has 0 radical (unpaired) electrons. The standard InChI is InChI=1S/C18H17N3O5S/c1-10(17(24)26-2)21-16(23)14(27-18(21)25)7-11-8-20(9-15(19)22)13-6-4-3-5-12(11)13/h3-8,10H,9H2,1-2H3,(H2,19,22)/b14-7+/t10-/m0/s1. The number of benzene rings is 1. The Balaban J connectivity index is 2.00. The van der Waals surface area contributed by atoms with Crippen molar-refractivity contribution in [2.24, 2.45) is 5.73 Å². The van der Waals surface area contributed by atoms with Crippen molar-refractivity contribution >= 4 is 51.8 Å². The third-order valence-electron chi connectivity index (χ3n) is 4.19. The number of para-hydroxylation sites is 1. The number of rotatable bonds is 5.